The second-order valence-electron chi connectivity index (χ2n) is 16.3. The highest BCUT2D eigenvalue weighted by molar-refractivity contribution is 6.72. The van der Waals surface area contributed by atoms with Crippen LogP contribution in [-0.2, 0) is 39.4 Å². The van der Waals surface area contributed by atoms with E-state index in [9.17, 15) is 19.5 Å². The van der Waals surface area contributed by atoms with E-state index in [0.717, 1.165) is 16.7 Å². The summed E-state index contributed by atoms with van der Waals surface area (Å²) in [7, 11) is -3.64. The molecule has 3 aliphatic rings. The molecule has 3 heterocycles. The van der Waals surface area contributed by atoms with Gasteiger partial charge in [-0.2, -0.15) is 0 Å². The van der Waals surface area contributed by atoms with E-state index in [1.165, 1.54) is 0 Å². The second kappa shape index (κ2) is 16.0. The number of rotatable bonds is 10. The second-order valence-corrected chi connectivity index (χ2v) is 20.1. The molecule has 5 atom stereocenters. The van der Waals surface area contributed by atoms with E-state index in [1.807, 2.05) is 55.5 Å². The molecule has 59 heavy (non-hydrogen) atoms. The summed E-state index contributed by atoms with van der Waals surface area (Å²) in [6.07, 6.45) is -0.609. The number of carbonyl (C=O) groups excluding carboxylic acids is 4. The molecule has 1 saturated heterocycles. The molecular weight excluding hydrogens is 764 g/mol. The van der Waals surface area contributed by atoms with Crippen LogP contribution < -0.4 is 15.5 Å². The number of nitrogens with zero attached hydrogens (tertiary/aromatic N) is 2. The largest absolute Gasteiger partial charge is 0.394 e. The van der Waals surface area contributed by atoms with Crippen molar-refractivity contribution in [1.82, 2.24) is 4.90 Å². The van der Waals surface area contributed by atoms with Gasteiger partial charge in [-0.25, -0.2) is 0 Å². The Bertz CT molecular complexity index is 2390. The highest BCUT2D eigenvalue weighted by Gasteiger charge is 2.67. The average Bonchev–Trinajstić information content (AvgIpc) is 3.66. The number of hydrogen-bond donors (Lipinski definition) is 3. The van der Waals surface area contributed by atoms with Gasteiger partial charge >= 0.3 is 0 Å². The van der Waals surface area contributed by atoms with Gasteiger partial charge in [-0.1, -0.05) is 79.7 Å². The Kier molecular flexibility index (Phi) is 10.8. The third-order valence-corrected chi connectivity index (χ3v) is 14.6. The lowest BCUT2D eigenvalue weighted by Gasteiger charge is -2.37. The Morgan fingerprint density at radius 2 is 1.39 bits per heavy atom. The Morgan fingerprint density at radius 3 is 2.00 bits per heavy atom. The Morgan fingerprint density at radius 1 is 0.814 bits per heavy atom. The number of aliphatic hydroxyl groups is 1. The highest BCUT2D eigenvalue weighted by Crippen LogP contribution is 2.60. The summed E-state index contributed by atoms with van der Waals surface area (Å²) in [5, 5.41) is 16.2. The first-order valence-electron chi connectivity index (χ1n) is 20.0. The van der Waals surface area contributed by atoms with Gasteiger partial charge in [0, 0.05) is 46.1 Å². The lowest BCUT2D eigenvalue weighted by Crippen LogP contribution is -2.48. The fourth-order valence-electron chi connectivity index (χ4n) is 9.28. The fraction of sp³-hybridized carbons (Fsp3) is 0.277. The minimum Gasteiger partial charge on any atom is -0.394 e. The van der Waals surface area contributed by atoms with Crippen molar-refractivity contribution in [2.75, 3.05) is 22.1 Å². The van der Waals surface area contributed by atoms with Crippen molar-refractivity contribution >= 4 is 49.1 Å². The van der Waals surface area contributed by atoms with Gasteiger partial charge in [-0.3, -0.25) is 19.2 Å². The van der Waals surface area contributed by atoms with Gasteiger partial charge < -0.3 is 34.4 Å². The van der Waals surface area contributed by atoms with E-state index < -0.39 is 37.6 Å². The summed E-state index contributed by atoms with van der Waals surface area (Å²) in [6.45, 7) is 5.24. The standard InChI is InChI=1S/C47H47FN4O6Si/c1-30-43(59(2,3)48)41(26-42(54)51-28-35-17-11-10-16-34(35)24-38(51)29-53)58-47(30)39-25-37(50-45(56)33-14-8-5-9-15-33)22-23-40(39)52(46(47)57)27-31-18-20-36(21-19-31)49-44(55)32-12-6-4-7-13-32/h4-23,25,30,38,41,43,53H,24,26-29H2,1-3H3,(H,49,55)(H,50,56)/t30-,38+,41+,43-,47+/m1/s1. The minimum atomic E-state index is -3.64. The van der Waals surface area contributed by atoms with E-state index in [-0.39, 0.29) is 43.2 Å². The topological polar surface area (TPSA) is 128 Å². The molecule has 1 spiro atoms. The average molecular weight is 811 g/mol. The van der Waals surface area contributed by atoms with Crippen molar-refractivity contribution in [3.63, 3.8) is 0 Å². The maximum absolute atomic E-state index is 16.8. The van der Waals surface area contributed by atoms with E-state index in [4.69, 9.17) is 4.74 Å². The number of anilines is 3. The highest BCUT2D eigenvalue weighted by atomic mass is 28.4. The van der Waals surface area contributed by atoms with E-state index >= 15 is 8.90 Å². The van der Waals surface area contributed by atoms with Crippen LogP contribution in [0.4, 0.5) is 21.2 Å². The van der Waals surface area contributed by atoms with Crippen LogP contribution in [-0.4, -0.2) is 60.8 Å². The van der Waals surface area contributed by atoms with Gasteiger partial charge in [0.1, 0.15) is 0 Å². The zero-order valence-electron chi connectivity index (χ0n) is 33.2. The molecule has 5 aromatic rings. The summed E-state index contributed by atoms with van der Waals surface area (Å²) in [6, 6.07) is 37.5. The monoisotopic (exact) mass is 810 g/mol. The van der Waals surface area contributed by atoms with E-state index in [2.05, 4.69) is 10.6 Å². The van der Waals surface area contributed by atoms with Gasteiger partial charge in [0.05, 0.1) is 37.4 Å². The van der Waals surface area contributed by atoms with E-state index in [1.54, 1.807) is 102 Å². The molecule has 0 saturated carbocycles. The van der Waals surface area contributed by atoms with Crippen molar-refractivity contribution in [1.29, 1.82) is 0 Å². The summed E-state index contributed by atoms with van der Waals surface area (Å²) in [5.74, 6) is -1.92. The van der Waals surface area contributed by atoms with Crippen molar-refractivity contribution in [3.8, 4) is 0 Å². The van der Waals surface area contributed by atoms with Crippen LogP contribution >= 0.6 is 0 Å². The Hall–Kier alpha value is -5.95. The molecule has 12 heteroatoms. The van der Waals surface area contributed by atoms with Gasteiger partial charge in [0.25, 0.3) is 17.7 Å². The van der Waals surface area contributed by atoms with Crippen LogP contribution in [0.15, 0.2) is 127 Å². The first-order valence-corrected chi connectivity index (χ1v) is 22.9. The molecule has 3 N–H and O–H groups in total. The lowest BCUT2D eigenvalue weighted by atomic mass is 9.82. The molecule has 0 aromatic heterocycles. The smallest absolute Gasteiger partial charge is 0.264 e. The predicted molar refractivity (Wildman–Crippen MR) is 227 cm³/mol. The molecule has 0 radical (unpaired) electrons. The maximum atomic E-state index is 16.8. The molecule has 3 aliphatic heterocycles. The molecule has 5 aromatic carbocycles. The number of aliphatic hydroxyl groups excluding tert-OH is 1. The van der Waals surface area contributed by atoms with Crippen molar-refractivity contribution in [2.45, 2.75) is 69.2 Å². The van der Waals surface area contributed by atoms with Gasteiger partial charge in [-0.05, 0) is 90.8 Å². The predicted octanol–water partition coefficient (Wildman–Crippen LogP) is 7.85. The SMILES string of the molecule is C[C@@H]1[C@@H]([Si](C)(C)F)[C@H](CC(=O)N2Cc3ccccc3C[C@H]2CO)O[C@@]12C(=O)N(Cc1ccc(NC(=O)c3ccccc3)cc1)c1ccc(NC(=O)c3ccccc3)cc12. The number of fused-ring (bicyclic) bond motifs is 3. The molecule has 8 rings (SSSR count). The first-order chi connectivity index (χ1) is 28.4. The van der Waals surface area contributed by atoms with Crippen LogP contribution in [0.25, 0.3) is 0 Å². The molecule has 0 bridgehead atoms. The van der Waals surface area contributed by atoms with Gasteiger partial charge in [0.15, 0.2) is 5.60 Å². The number of amides is 4. The molecule has 1 fully saturated rings. The van der Waals surface area contributed by atoms with Crippen LogP contribution in [0.5, 0.6) is 0 Å². The van der Waals surface area contributed by atoms with Gasteiger partial charge in [0.2, 0.25) is 14.3 Å². The zero-order valence-corrected chi connectivity index (χ0v) is 34.2. The van der Waals surface area contributed by atoms with Crippen molar-refractivity contribution in [3.05, 3.63) is 161 Å². The van der Waals surface area contributed by atoms with Crippen LogP contribution in [0.1, 0.15) is 56.3 Å². The fourth-order valence-corrected chi connectivity index (χ4v) is 11.8. The van der Waals surface area contributed by atoms with Gasteiger partial charge in [-0.15, -0.1) is 0 Å². The van der Waals surface area contributed by atoms with Crippen molar-refractivity contribution < 1.29 is 33.1 Å². The Balaban J connectivity index is 1.12. The van der Waals surface area contributed by atoms with Crippen LogP contribution in [0.2, 0.25) is 18.6 Å². The first kappa shape index (κ1) is 39.9. The molecule has 0 aliphatic carbocycles. The third-order valence-electron chi connectivity index (χ3n) is 12.1. The number of halogens is 1. The van der Waals surface area contributed by atoms with Crippen LogP contribution in [0.3, 0.4) is 0 Å². The minimum absolute atomic E-state index is 0.141. The number of nitrogens with one attached hydrogen (secondary N) is 2. The number of ether oxygens (including phenoxy) is 1. The molecule has 10 nitrogen and oxygen atoms in total. The lowest BCUT2D eigenvalue weighted by molar-refractivity contribution is -0.151. The maximum Gasteiger partial charge on any atom is 0.264 e. The zero-order chi connectivity index (χ0) is 41.5. The van der Waals surface area contributed by atoms with Crippen molar-refractivity contribution in [2.24, 2.45) is 5.92 Å². The molecule has 4 amide bonds. The summed E-state index contributed by atoms with van der Waals surface area (Å²) in [4.78, 5) is 58.9. The number of carbonyl (C=O) groups is 4. The molecule has 0 unspecified atom stereocenters. The summed E-state index contributed by atoms with van der Waals surface area (Å²) >= 11 is 0. The summed E-state index contributed by atoms with van der Waals surface area (Å²) < 4.78 is 23.7. The summed E-state index contributed by atoms with van der Waals surface area (Å²) in [5.41, 5.74) is 3.48. The quantitative estimate of drug-likeness (QED) is 0.0975. The number of benzene rings is 5. The normalized spacial score (nSPS) is 22.2. The number of hydrogen-bond acceptors (Lipinski definition) is 6. The molecule has 302 valence electrons. The van der Waals surface area contributed by atoms with Crippen LogP contribution in [0, 0.1) is 5.92 Å². The third kappa shape index (κ3) is 7.59. The Labute approximate surface area is 344 Å². The molecular formula is C47H47FN4O6Si. The van der Waals surface area contributed by atoms with E-state index in [0.29, 0.717) is 46.7 Å².